The summed E-state index contributed by atoms with van der Waals surface area (Å²) in [4.78, 5) is 0.535. The molecule has 0 fully saturated rings. The van der Waals surface area contributed by atoms with Crippen molar-refractivity contribution < 1.29 is 8.42 Å². The van der Waals surface area contributed by atoms with Crippen LogP contribution in [0.5, 0.6) is 0 Å². The van der Waals surface area contributed by atoms with E-state index in [1.165, 1.54) is 5.56 Å². The lowest BCUT2D eigenvalue weighted by Crippen LogP contribution is -2.37. The summed E-state index contributed by atoms with van der Waals surface area (Å²) >= 11 is 0. The summed E-state index contributed by atoms with van der Waals surface area (Å²) in [5, 5.41) is 0. The molecule has 1 heterocycles. The topological polar surface area (TPSA) is 34.1 Å². The molecule has 0 aromatic heterocycles. The third-order valence-corrected chi connectivity index (χ3v) is 8.42. The van der Waals surface area contributed by atoms with Gasteiger partial charge in [0.1, 0.15) is 0 Å². The fraction of sp³-hybridized carbons (Fsp3) is 0.478. The van der Waals surface area contributed by atoms with E-state index >= 15 is 0 Å². The van der Waals surface area contributed by atoms with E-state index in [-0.39, 0.29) is 23.0 Å². The van der Waals surface area contributed by atoms with Gasteiger partial charge in [-0.05, 0) is 41.4 Å². The zero-order chi connectivity index (χ0) is 18.8. The van der Waals surface area contributed by atoms with Crippen molar-refractivity contribution in [3.05, 3.63) is 65.7 Å². The predicted octanol–water partition coefficient (Wildman–Crippen LogP) is 5.83. The first-order valence-corrected chi connectivity index (χ1v) is 11.5. The molecular formula is C23H30O2S. The van der Waals surface area contributed by atoms with Crippen LogP contribution in [-0.4, -0.2) is 14.2 Å². The highest BCUT2D eigenvalue weighted by atomic mass is 32.2. The van der Waals surface area contributed by atoms with Gasteiger partial charge in [0, 0.05) is 5.92 Å². The summed E-state index contributed by atoms with van der Waals surface area (Å²) in [7, 11) is -3.30. The number of hydrogen-bond acceptors (Lipinski definition) is 2. The molecule has 2 nitrogen and oxygen atoms in total. The Morgan fingerprint density at radius 2 is 1.65 bits per heavy atom. The molecule has 3 rings (SSSR count). The van der Waals surface area contributed by atoms with E-state index in [1.807, 2.05) is 24.3 Å². The molecular weight excluding hydrogens is 340 g/mol. The molecule has 0 aliphatic carbocycles. The van der Waals surface area contributed by atoms with E-state index in [1.54, 1.807) is 6.07 Å². The normalized spacial score (nSPS) is 27.5. The minimum absolute atomic E-state index is 0.112. The van der Waals surface area contributed by atoms with Crippen LogP contribution in [0.25, 0.3) is 0 Å². The average Bonchev–Trinajstić information content (AvgIpc) is 2.73. The first-order chi connectivity index (χ1) is 12.4. The Bertz CT molecular complexity index is 842. The van der Waals surface area contributed by atoms with Crippen molar-refractivity contribution in [3.63, 3.8) is 0 Å². The van der Waals surface area contributed by atoms with Crippen LogP contribution in [-0.2, 0) is 9.84 Å². The molecule has 0 saturated carbocycles. The molecule has 2 aromatic carbocycles. The Labute approximate surface area is 158 Å². The SMILES string of the molecule is CCCC[C@]1(CC)CS(=O)(=O)c2ccccc2[C@H](c2ccccc2)C1C. The summed E-state index contributed by atoms with van der Waals surface area (Å²) < 4.78 is 26.7. The summed E-state index contributed by atoms with van der Waals surface area (Å²) in [6.07, 6.45) is 4.03. The number of rotatable bonds is 5. The number of benzene rings is 2. The van der Waals surface area contributed by atoms with E-state index in [0.29, 0.717) is 4.90 Å². The highest BCUT2D eigenvalue weighted by molar-refractivity contribution is 7.91. The first kappa shape index (κ1) is 19.2. The highest BCUT2D eigenvalue weighted by Gasteiger charge is 2.47. The molecule has 0 spiro atoms. The van der Waals surface area contributed by atoms with Gasteiger partial charge < -0.3 is 0 Å². The minimum atomic E-state index is -3.30. The number of unbranched alkanes of at least 4 members (excludes halogenated alkanes) is 1. The van der Waals surface area contributed by atoms with Crippen molar-refractivity contribution in [3.8, 4) is 0 Å². The molecule has 0 bridgehead atoms. The van der Waals surface area contributed by atoms with Gasteiger partial charge in [-0.25, -0.2) is 8.42 Å². The van der Waals surface area contributed by atoms with Crippen molar-refractivity contribution >= 4 is 9.84 Å². The van der Waals surface area contributed by atoms with Crippen LogP contribution in [0.1, 0.15) is 63.5 Å². The predicted molar refractivity (Wildman–Crippen MR) is 108 cm³/mol. The van der Waals surface area contributed by atoms with E-state index in [9.17, 15) is 8.42 Å². The molecule has 0 amide bonds. The zero-order valence-corrected chi connectivity index (χ0v) is 16.9. The lowest BCUT2D eigenvalue weighted by atomic mass is 9.64. The third-order valence-electron chi connectivity index (χ3n) is 6.42. The summed E-state index contributed by atoms with van der Waals surface area (Å²) in [5.74, 6) is 0.638. The van der Waals surface area contributed by atoms with E-state index in [0.717, 1.165) is 31.2 Å². The maximum atomic E-state index is 13.4. The number of hydrogen-bond donors (Lipinski definition) is 0. The second-order valence-electron chi connectivity index (χ2n) is 7.79. The third kappa shape index (κ3) is 3.34. The van der Waals surface area contributed by atoms with Gasteiger partial charge in [-0.2, -0.15) is 0 Å². The minimum Gasteiger partial charge on any atom is -0.224 e. The van der Waals surface area contributed by atoms with Gasteiger partial charge in [0.05, 0.1) is 10.6 Å². The van der Waals surface area contributed by atoms with E-state index < -0.39 is 9.84 Å². The Kier molecular flexibility index (Phi) is 5.57. The molecule has 1 aliphatic heterocycles. The van der Waals surface area contributed by atoms with Gasteiger partial charge in [0.15, 0.2) is 9.84 Å². The molecule has 0 radical (unpaired) electrons. The van der Waals surface area contributed by atoms with Gasteiger partial charge in [-0.1, -0.05) is 82.1 Å². The fourth-order valence-corrected chi connectivity index (χ4v) is 7.15. The van der Waals surface area contributed by atoms with Crippen LogP contribution < -0.4 is 0 Å². The van der Waals surface area contributed by atoms with Crippen LogP contribution in [0.15, 0.2) is 59.5 Å². The first-order valence-electron chi connectivity index (χ1n) is 9.82. The van der Waals surface area contributed by atoms with E-state index in [2.05, 4.69) is 45.0 Å². The van der Waals surface area contributed by atoms with Crippen LogP contribution in [0, 0.1) is 11.3 Å². The van der Waals surface area contributed by atoms with Crippen molar-refractivity contribution in [2.75, 3.05) is 5.75 Å². The van der Waals surface area contributed by atoms with Gasteiger partial charge in [-0.15, -0.1) is 0 Å². The van der Waals surface area contributed by atoms with Crippen molar-refractivity contribution in [2.24, 2.45) is 11.3 Å². The number of fused-ring (bicyclic) bond motifs is 1. The molecule has 0 N–H and O–H groups in total. The lowest BCUT2D eigenvalue weighted by molar-refractivity contribution is 0.160. The monoisotopic (exact) mass is 370 g/mol. The summed E-state index contributed by atoms with van der Waals surface area (Å²) in [6.45, 7) is 6.62. The number of sulfone groups is 1. The zero-order valence-electron chi connectivity index (χ0n) is 16.1. The molecule has 1 unspecified atom stereocenters. The van der Waals surface area contributed by atoms with Crippen molar-refractivity contribution in [2.45, 2.75) is 57.3 Å². The van der Waals surface area contributed by atoms with Gasteiger partial charge >= 0.3 is 0 Å². The second kappa shape index (κ2) is 7.56. The van der Waals surface area contributed by atoms with Crippen LogP contribution in [0.3, 0.4) is 0 Å². The van der Waals surface area contributed by atoms with Crippen molar-refractivity contribution in [1.29, 1.82) is 0 Å². The average molecular weight is 371 g/mol. The maximum absolute atomic E-state index is 13.4. The quantitative estimate of drug-likeness (QED) is 0.664. The van der Waals surface area contributed by atoms with Gasteiger partial charge in [-0.3, -0.25) is 0 Å². The lowest BCUT2D eigenvalue weighted by Gasteiger charge is -2.41. The second-order valence-corrected chi connectivity index (χ2v) is 9.75. The Hall–Kier alpha value is -1.61. The molecule has 140 valence electrons. The van der Waals surface area contributed by atoms with Gasteiger partial charge in [0.2, 0.25) is 0 Å². The maximum Gasteiger partial charge on any atom is 0.179 e. The standard InChI is InChI=1S/C23H30O2S/c1-4-6-16-23(5-2)17-26(24,25)21-15-11-10-14-20(21)22(18(23)3)19-12-8-7-9-13-19/h7-15,18,22H,4-6,16-17H2,1-3H3/t18?,22-,23+/m0/s1. The Morgan fingerprint density at radius 3 is 2.31 bits per heavy atom. The van der Waals surface area contributed by atoms with Crippen molar-refractivity contribution in [1.82, 2.24) is 0 Å². The summed E-state index contributed by atoms with van der Waals surface area (Å²) in [5.41, 5.74) is 2.01. The van der Waals surface area contributed by atoms with Crippen LogP contribution in [0.2, 0.25) is 0 Å². The fourth-order valence-electron chi connectivity index (χ4n) is 4.79. The molecule has 26 heavy (non-hydrogen) atoms. The van der Waals surface area contributed by atoms with E-state index in [4.69, 9.17) is 0 Å². The van der Waals surface area contributed by atoms with Gasteiger partial charge in [0.25, 0.3) is 0 Å². The summed E-state index contributed by atoms with van der Waals surface area (Å²) in [6, 6.07) is 18.1. The molecule has 3 atom stereocenters. The van der Waals surface area contributed by atoms with Crippen LogP contribution >= 0.6 is 0 Å². The largest absolute Gasteiger partial charge is 0.224 e. The molecule has 3 heteroatoms. The Balaban J connectivity index is 2.25. The highest BCUT2D eigenvalue weighted by Crippen LogP contribution is 2.52. The van der Waals surface area contributed by atoms with Crippen LogP contribution in [0.4, 0.5) is 0 Å². The Morgan fingerprint density at radius 1 is 1.00 bits per heavy atom. The molecule has 2 aromatic rings. The molecule has 0 saturated heterocycles. The smallest absolute Gasteiger partial charge is 0.179 e. The molecule has 1 aliphatic rings.